The number of hydrogen-bond donors (Lipinski definition) is 0. The number of hydrogen-bond acceptors (Lipinski definition) is 4. The summed E-state index contributed by atoms with van der Waals surface area (Å²) in [5.74, 6) is 0.116. The second kappa shape index (κ2) is 7.82. The first-order valence-electron chi connectivity index (χ1n) is 10.3. The van der Waals surface area contributed by atoms with Crippen molar-refractivity contribution in [3.8, 4) is 6.07 Å². The van der Waals surface area contributed by atoms with Crippen LogP contribution in [0.2, 0.25) is 0 Å². The highest BCUT2D eigenvalue weighted by molar-refractivity contribution is 5.86. The summed E-state index contributed by atoms with van der Waals surface area (Å²) in [6.45, 7) is 3.82. The number of fused-ring (bicyclic) bond motifs is 1. The number of nitrogens with zero attached hydrogens (tertiary/aromatic N) is 4. The number of carbonyl (C=O) groups is 2. The van der Waals surface area contributed by atoms with Gasteiger partial charge >= 0.3 is 0 Å². The third-order valence-electron chi connectivity index (χ3n) is 6.35. The summed E-state index contributed by atoms with van der Waals surface area (Å²) in [6, 6.07) is 12.5. The van der Waals surface area contributed by atoms with Gasteiger partial charge in [0.1, 0.15) is 5.41 Å². The fourth-order valence-electron chi connectivity index (χ4n) is 4.50. The minimum absolute atomic E-state index is 0.0330. The van der Waals surface area contributed by atoms with E-state index in [1.165, 1.54) is 5.56 Å². The van der Waals surface area contributed by atoms with Crippen LogP contribution in [0.1, 0.15) is 31.7 Å². The topological polar surface area (TPSA) is 77.3 Å². The molecule has 2 amide bonds. The molecule has 2 aliphatic rings. The molecule has 6 nitrogen and oxygen atoms in total. The SMILES string of the molecule is CC(=O)N1CCN(C(=O)C2(C#N)CCC2)CC(Cc2ccc3ncccc3c2)C1. The van der Waals surface area contributed by atoms with Crippen molar-refractivity contribution in [2.75, 3.05) is 26.2 Å². The van der Waals surface area contributed by atoms with E-state index in [2.05, 4.69) is 23.2 Å². The van der Waals surface area contributed by atoms with Crippen molar-refractivity contribution in [1.29, 1.82) is 5.26 Å². The molecular formula is C23H26N4O2. The molecule has 0 N–H and O–H groups in total. The average molecular weight is 390 g/mol. The molecule has 4 rings (SSSR count). The van der Waals surface area contributed by atoms with Crippen molar-refractivity contribution >= 4 is 22.7 Å². The van der Waals surface area contributed by atoms with E-state index in [1.807, 2.05) is 28.0 Å². The standard InChI is InChI=1S/C23H26N4O2/c1-17(28)26-10-11-27(22(29)23(16-24)7-3-8-23)15-19(14-26)12-18-5-6-21-20(13-18)4-2-9-25-21/h2,4-6,9,13,19H,3,7-8,10-12,14-15H2,1H3. The van der Waals surface area contributed by atoms with Gasteiger partial charge in [-0.3, -0.25) is 14.6 Å². The van der Waals surface area contributed by atoms with Gasteiger partial charge in [0.25, 0.3) is 0 Å². The summed E-state index contributed by atoms with van der Waals surface area (Å²) in [5, 5.41) is 10.7. The molecule has 1 saturated heterocycles. The lowest BCUT2D eigenvalue weighted by Gasteiger charge is -2.38. The van der Waals surface area contributed by atoms with Crippen molar-refractivity contribution in [2.24, 2.45) is 11.3 Å². The Morgan fingerprint density at radius 3 is 2.66 bits per heavy atom. The second-order valence-corrected chi connectivity index (χ2v) is 8.36. The van der Waals surface area contributed by atoms with Crippen LogP contribution in [-0.2, 0) is 16.0 Å². The first-order valence-corrected chi connectivity index (χ1v) is 10.3. The maximum absolute atomic E-state index is 13.1. The largest absolute Gasteiger partial charge is 0.341 e. The van der Waals surface area contributed by atoms with Gasteiger partial charge in [-0.05, 0) is 55.4 Å². The lowest BCUT2D eigenvalue weighted by Crippen LogP contribution is -2.49. The normalized spacial score (nSPS) is 21.2. The quantitative estimate of drug-likeness (QED) is 0.807. The van der Waals surface area contributed by atoms with Gasteiger partial charge in [-0.2, -0.15) is 5.26 Å². The molecule has 1 aromatic heterocycles. The minimum atomic E-state index is -0.843. The third kappa shape index (κ3) is 3.82. The number of amides is 2. The summed E-state index contributed by atoms with van der Waals surface area (Å²) in [4.78, 5) is 33.2. The number of benzene rings is 1. The smallest absolute Gasteiger partial charge is 0.243 e. The van der Waals surface area contributed by atoms with Gasteiger partial charge < -0.3 is 9.80 Å². The van der Waals surface area contributed by atoms with Crippen LogP contribution in [0.5, 0.6) is 0 Å². The molecule has 1 aromatic carbocycles. The van der Waals surface area contributed by atoms with E-state index in [-0.39, 0.29) is 17.7 Å². The minimum Gasteiger partial charge on any atom is -0.341 e. The molecule has 0 spiro atoms. The zero-order valence-electron chi connectivity index (χ0n) is 16.8. The van der Waals surface area contributed by atoms with E-state index in [0.29, 0.717) is 39.0 Å². The molecule has 1 atom stereocenters. The van der Waals surface area contributed by atoms with Crippen LogP contribution >= 0.6 is 0 Å². The summed E-state index contributed by atoms with van der Waals surface area (Å²) < 4.78 is 0. The fraction of sp³-hybridized carbons (Fsp3) is 0.478. The highest BCUT2D eigenvalue weighted by atomic mass is 16.2. The van der Waals surface area contributed by atoms with Crippen molar-refractivity contribution in [3.63, 3.8) is 0 Å². The molecule has 1 aliphatic carbocycles. The van der Waals surface area contributed by atoms with Crippen molar-refractivity contribution in [2.45, 2.75) is 32.6 Å². The Kier molecular flexibility index (Phi) is 5.23. The van der Waals surface area contributed by atoms with E-state index in [4.69, 9.17) is 0 Å². The molecular weight excluding hydrogens is 364 g/mol. The lowest BCUT2D eigenvalue weighted by molar-refractivity contribution is -0.143. The van der Waals surface area contributed by atoms with Crippen LogP contribution in [0.4, 0.5) is 0 Å². The Labute approximate surface area is 171 Å². The maximum atomic E-state index is 13.1. The molecule has 2 fully saturated rings. The Morgan fingerprint density at radius 1 is 1.21 bits per heavy atom. The molecule has 1 unspecified atom stereocenters. The summed E-state index contributed by atoms with van der Waals surface area (Å²) in [6.07, 6.45) is 4.79. The number of rotatable bonds is 3. The Morgan fingerprint density at radius 2 is 1.97 bits per heavy atom. The molecule has 0 bridgehead atoms. The molecule has 1 saturated carbocycles. The highest BCUT2D eigenvalue weighted by Crippen LogP contribution is 2.42. The number of nitriles is 1. The Balaban J connectivity index is 1.56. The molecule has 29 heavy (non-hydrogen) atoms. The van der Waals surface area contributed by atoms with E-state index >= 15 is 0 Å². The molecule has 150 valence electrons. The average Bonchev–Trinajstić information content (AvgIpc) is 2.90. The summed E-state index contributed by atoms with van der Waals surface area (Å²) in [5.41, 5.74) is 1.29. The van der Waals surface area contributed by atoms with Gasteiger partial charge in [0, 0.05) is 44.7 Å². The van der Waals surface area contributed by atoms with Crippen molar-refractivity contribution < 1.29 is 9.59 Å². The van der Waals surface area contributed by atoms with Gasteiger partial charge in [0.05, 0.1) is 11.6 Å². The maximum Gasteiger partial charge on any atom is 0.243 e. The van der Waals surface area contributed by atoms with E-state index in [0.717, 1.165) is 23.7 Å². The number of aromatic nitrogens is 1. The van der Waals surface area contributed by atoms with E-state index in [1.54, 1.807) is 13.1 Å². The van der Waals surface area contributed by atoms with Crippen LogP contribution in [0.3, 0.4) is 0 Å². The Bertz CT molecular complexity index is 976. The van der Waals surface area contributed by atoms with Crippen LogP contribution in [0.25, 0.3) is 10.9 Å². The van der Waals surface area contributed by atoms with E-state index in [9.17, 15) is 14.9 Å². The van der Waals surface area contributed by atoms with Crippen LogP contribution in [-0.4, -0.2) is 52.8 Å². The first kappa shape index (κ1) is 19.4. The zero-order chi connectivity index (χ0) is 20.4. The highest BCUT2D eigenvalue weighted by Gasteiger charge is 2.47. The van der Waals surface area contributed by atoms with Gasteiger partial charge in [-0.15, -0.1) is 0 Å². The number of pyridine rings is 1. The first-order chi connectivity index (χ1) is 14.0. The van der Waals surface area contributed by atoms with E-state index < -0.39 is 5.41 Å². The molecule has 1 aliphatic heterocycles. The van der Waals surface area contributed by atoms with Crippen molar-refractivity contribution in [1.82, 2.24) is 14.8 Å². The lowest BCUT2D eigenvalue weighted by atomic mass is 9.69. The van der Waals surface area contributed by atoms with Gasteiger partial charge in [0.2, 0.25) is 11.8 Å². The number of carbonyl (C=O) groups excluding carboxylic acids is 2. The second-order valence-electron chi connectivity index (χ2n) is 8.36. The zero-order valence-corrected chi connectivity index (χ0v) is 16.8. The third-order valence-corrected chi connectivity index (χ3v) is 6.35. The van der Waals surface area contributed by atoms with Gasteiger partial charge in [0.15, 0.2) is 0 Å². The predicted molar refractivity (Wildman–Crippen MR) is 110 cm³/mol. The summed E-state index contributed by atoms with van der Waals surface area (Å²) in [7, 11) is 0. The van der Waals surface area contributed by atoms with Crippen LogP contribution < -0.4 is 0 Å². The molecule has 6 heteroatoms. The van der Waals surface area contributed by atoms with Crippen LogP contribution in [0.15, 0.2) is 36.5 Å². The summed E-state index contributed by atoms with van der Waals surface area (Å²) >= 11 is 0. The molecule has 2 heterocycles. The Hall–Kier alpha value is -2.94. The fourth-order valence-corrected chi connectivity index (χ4v) is 4.50. The van der Waals surface area contributed by atoms with Gasteiger partial charge in [-0.25, -0.2) is 0 Å². The molecule has 0 radical (unpaired) electrons. The van der Waals surface area contributed by atoms with Gasteiger partial charge in [-0.1, -0.05) is 12.1 Å². The van der Waals surface area contributed by atoms with Crippen molar-refractivity contribution in [3.05, 3.63) is 42.1 Å². The predicted octanol–water partition coefficient (Wildman–Crippen LogP) is 2.78. The molecule has 2 aromatic rings. The van der Waals surface area contributed by atoms with Crippen LogP contribution in [0, 0.1) is 22.7 Å². The monoisotopic (exact) mass is 390 g/mol.